The Morgan fingerprint density at radius 2 is 1.79 bits per heavy atom. The van der Waals surface area contributed by atoms with Crippen LogP contribution >= 0.6 is 0 Å². The van der Waals surface area contributed by atoms with Gasteiger partial charge in [-0.3, -0.25) is 14.9 Å². The van der Waals surface area contributed by atoms with E-state index in [0.29, 0.717) is 28.7 Å². The van der Waals surface area contributed by atoms with E-state index in [4.69, 9.17) is 0 Å². The first-order valence-electron chi connectivity index (χ1n) is 9.25. The lowest BCUT2D eigenvalue weighted by Crippen LogP contribution is -2.23. The molecule has 0 saturated heterocycles. The molecule has 2 N–H and O–H groups in total. The Kier molecular flexibility index (Phi) is 5.18. The van der Waals surface area contributed by atoms with Gasteiger partial charge >= 0.3 is 0 Å². The smallest absolute Gasteiger partial charge is 0.258 e. The van der Waals surface area contributed by atoms with E-state index < -0.39 is 0 Å². The fourth-order valence-corrected chi connectivity index (χ4v) is 2.89. The molecule has 0 radical (unpaired) electrons. The number of anilines is 1. The molecule has 3 rings (SSSR count). The maximum absolute atomic E-state index is 12.5. The first-order valence-corrected chi connectivity index (χ1v) is 9.25. The number of nitrogens with zero attached hydrogens (tertiary/aromatic N) is 3. The number of carbonyl (C=O) groups is 2. The van der Waals surface area contributed by atoms with Gasteiger partial charge in [0, 0.05) is 30.0 Å². The molecule has 1 aromatic carbocycles. The van der Waals surface area contributed by atoms with Crippen LogP contribution in [0.2, 0.25) is 0 Å². The highest BCUT2D eigenvalue weighted by Gasteiger charge is 2.23. The van der Waals surface area contributed by atoms with E-state index in [-0.39, 0.29) is 23.3 Å². The second kappa shape index (κ2) is 7.42. The van der Waals surface area contributed by atoms with Crippen LogP contribution < -0.4 is 10.6 Å². The molecule has 7 nitrogen and oxygen atoms in total. The van der Waals surface area contributed by atoms with Gasteiger partial charge in [-0.2, -0.15) is 4.98 Å². The number of fused-ring (bicyclic) bond motifs is 1. The van der Waals surface area contributed by atoms with Crippen LogP contribution in [0.25, 0.3) is 11.0 Å². The molecule has 3 aromatic rings. The van der Waals surface area contributed by atoms with Gasteiger partial charge in [-0.05, 0) is 46.8 Å². The van der Waals surface area contributed by atoms with Crippen LogP contribution in [-0.4, -0.2) is 32.9 Å². The van der Waals surface area contributed by atoms with Crippen molar-refractivity contribution in [1.29, 1.82) is 0 Å². The number of carbonyl (C=O) groups excluding carboxylic acids is 2. The van der Waals surface area contributed by atoms with Gasteiger partial charge in [-0.25, -0.2) is 4.98 Å². The Bertz CT molecular complexity index is 1030. The lowest BCUT2D eigenvalue weighted by molar-refractivity contribution is 0.0956. The number of aryl methyl sites for hydroxylation is 1. The molecule has 0 aliphatic heterocycles. The molecule has 2 amide bonds. The van der Waals surface area contributed by atoms with Crippen LogP contribution in [-0.2, 0) is 5.54 Å². The zero-order chi connectivity index (χ0) is 20.5. The van der Waals surface area contributed by atoms with Crippen LogP contribution in [0.5, 0.6) is 0 Å². The van der Waals surface area contributed by atoms with Crippen LogP contribution in [0.1, 0.15) is 54.0 Å². The summed E-state index contributed by atoms with van der Waals surface area (Å²) in [6.45, 7) is 10.5. The molecular weight excluding hydrogens is 354 g/mol. The molecule has 0 spiro atoms. The van der Waals surface area contributed by atoms with E-state index in [0.717, 1.165) is 5.56 Å². The molecule has 0 atom stereocenters. The van der Waals surface area contributed by atoms with Gasteiger partial charge < -0.3 is 9.88 Å². The van der Waals surface area contributed by atoms with Crippen molar-refractivity contribution in [3.05, 3.63) is 53.3 Å². The average Bonchev–Trinajstić information content (AvgIpc) is 3.01. The Morgan fingerprint density at radius 3 is 2.39 bits per heavy atom. The second-order valence-electron chi connectivity index (χ2n) is 7.69. The second-order valence-corrected chi connectivity index (χ2v) is 7.69. The standard InChI is InChI=1S/C21H25N5O2/c1-6-22-19(28)16-12-26(21(3,4)5)17-15(16)11-23-20(24-17)25-18(27)14-9-7-13(2)8-10-14/h7-12H,6H2,1-5H3,(H,22,28)(H,23,24,25,27). The van der Waals surface area contributed by atoms with E-state index >= 15 is 0 Å². The highest BCUT2D eigenvalue weighted by molar-refractivity contribution is 6.07. The maximum Gasteiger partial charge on any atom is 0.258 e. The minimum atomic E-state index is -0.296. The summed E-state index contributed by atoms with van der Waals surface area (Å²) in [6.07, 6.45) is 3.37. The van der Waals surface area contributed by atoms with Gasteiger partial charge in [0.25, 0.3) is 11.8 Å². The van der Waals surface area contributed by atoms with Crippen molar-refractivity contribution in [2.24, 2.45) is 0 Å². The molecule has 28 heavy (non-hydrogen) atoms. The Morgan fingerprint density at radius 1 is 1.11 bits per heavy atom. The highest BCUT2D eigenvalue weighted by Crippen LogP contribution is 2.27. The summed E-state index contributed by atoms with van der Waals surface area (Å²) in [5, 5.41) is 6.20. The molecule has 146 valence electrons. The normalized spacial score (nSPS) is 11.5. The van der Waals surface area contributed by atoms with Crippen LogP contribution in [0, 0.1) is 6.92 Å². The van der Waals surface area contributed by atoms with Gasteiger partial charge in [0.1, 0.15) is 5.65 Å². The molecule has 0 fully saturated rings. The molecule has 0 saturated carbocycles. The summed E-state index contributed by atoms with van der Waals surface area (Å²) in [5.41, 5.74) is 2.43. The van der Waals surface area contributed by atoms with Gasteiger partial charge in [-0.1, -0.05) is 17.7 Å². The van der Waals surface area contributed by atoms with Crippen molar-refractivity contribution >= 4 is 28.8 Å². The number of rotatable bonds is 4. The number of amides is 2. The number of nitrogens with one attached hydrogen (secondary N) is 2. The summed E-state index contributed by atoms with van der Waals surface area (Å²) in [5.74, 6) is -0.253. The van der Waals surface area contributed by atoms with E-state index in [1.54, 1.807) is 24.5 Å². The van der Waals surface area contributed by atoms with Crippen molar-refractivity contribution in [3.8, 4) is 0 Å². The predicted octanol–water partition coefficient (Wildman–Crippen LogP) is 3.50. The molecule has 0 aliphatic rings. The SMILES string of the molecule is CCNC(=O)c1cn(C(C)(C)C)c2nc(NC(=O)c3ccc(C)cc3)ncc12. The van der Waals surface area contributed by atoms with Gasteiger partial charge in [-0.15, -0.1) is 0 Å². The number of hydrogen-bond donors (Lipinski definition) is 2. The molecular formula is C21H25N5O2. The van der Waals surface area contributed by atoms with E-state index in [2.05, 4.69) is 20.6 Å². The highest BCUT2D eigenvalue weighted by atomic mass is 16.2. The summed E-state index contributed by atoms with van der Waals surface area (Å²) in [4.78, 5) is 33.7. The summed E-state index contributed by atoms with van der Waals surface area (Å²) >= 11 is 0. The zero-order valence-electron chi connectivity index (χ0n) is 16.8. The minimum absolute atomic E-state index is 0.171. The third-order valence-corrected chi connectivity index (χ3v) is 4.39. The van der Waals surface area contributed by atoms with Crippen LogP contribution in [0.15, 0.2) is 36.7 Å². The summed E-state index contributed by atoms with van der Waals surface area (Å²) in [7, 11) is 0. The predicted molar refractivity (Wildman–Crippen MR) is 110 cm³/mol. The zero-order valence-corrected chi connectivity index (χ0v) is 16.8. The minimum Gasteiger partial charge on any atom is -0.352 e. The topological polar surface area (TPSA) is 88.9 Å². The third kappa shape index (κ3) is 3.88. The largest absolute Gasteiger partial charge is 0.352 e. The molecule has 0 unspecified atom stereocenters. The Balaban J connectivity index is 2.01. The quantitative estimate of drug-likeness (QED) is 0.726. The van der Waals surface area contributed by atoms with Crippen LogP contribution in [0.4, 0.5) is 5.95 Å². The number of aromatic nitrogens is 3. The van der Waals surface area contributed by atoms with Crippen molar-refractivity contribution in [3.63, 3.8) is 0 Å². The van der Waals surface area contributed by atoms with Gasteiger partial charge in [0.15, 0.2) is 0 Å². The van der Waals surface area contributed by atoms with Crippen LogP contribution in [0.3, 0.4) is 0 Å². The maximum atomic E-state index is 12.5. The first kappa shape index (κ1) is 19.5. The molecule has 2 aromatic heterocycles. The fraction of sp³-hybridized carbons (Fsp3) is 0.333. The molecule has 0 aliphatic carbocycles. The number of hydrogen-bond acceptors (Lipinski definition) is 4. The summed E-state index contributed by atoms with van der Waals surface area (Å²) in [6, 6.07) is 7.27. The summed E-state index contributed by atoms with van der Waals surface area (Å²) < 4.78 is 1.93. The van der Waals surface area contributed by atoms with E-state index in [1.807, 2.05) is 51.3 Å². The van der Waals surface area contributed by atoms with E-state index in [9.17, 15) is 9.59 Å². The monoisotopic (exact) mass is 379 g/mol. The first-order chi connectivity index (χ1) is 13.2. The van der Waals surface area contributed by atoms with Crippen molar-refractivity contribution < 1.29 is 9.59 Å². The lowest BCUT2D eigenvalue weighted by atomic mass is 10.1. The van der Waals surface area contributed by atoms with Gasteiger partial charge in [0.2, 0.25) is 5.95 Å². The molecule has 0 bridgehead atoms. The lowest BCUT2D eigenvalue weighted by Gasteiger charge is -2.22. The van der Waals surface area contributed by atoms with Crippen molar-refractivity contribution in [2.45, 2.75) is 40.2 Å². The number of benzene rings is 1. The van der Waals surface area contributed by atoms with Crippen molar-refractivity contribution in [1.82, 2.24) is 19.9 Å². The molecule has 2 heterocycles. The average molecular weight is 379 g/mol. The van der Waals surface area contributed by atoms with Crippen molar-refractivity contribution in [2.75, 3.05) is 11.9 Å². The fourth-order valence-electron chi connectivity index (χ4n) is 2.89. The third-order valence-electron chi connectivity index (χ3n) is 4.39. The Hall–Kier alpha value is -3.22. The Labute approximate surface area is 164 Å². The van der Waals surface area contributed by atoms with E-state index in [1.165, 1.54) is 0 Å². The van der Waals surface area contributed by atoms with Gasteiger partial charge in [0.05, 0.1) is 10.9 Å². The molecule has 7 heteroatoms.